The fraction of sp³-hybridized carbons (Fsp3) is 0.276. The van der Waals surface area contributed by atoms with E-state index in [4.69, 9.17) is 0 Å². The molecule has 0 unspecified atom stereocenters. The van der Waals surface area contributed by atoms with Gasteiger partial charge in [0.15, 0.2) is 0 Å². The van der Waals surface area contributed by atoms with Crippen molar-refractivity contribution in [1.82, 2.24) is 9.47 Å². The van der Waals surface area contributed by atoms with Crippen molar-refractivity contribution in [3.8, 4) is 0 Å². The molecular formula is C29H30N2O3S. The normalized spacial score (nSPS) is 14.9. The summed E-state index contributed by atoms with van der Waals surface area (Å²) in [7, 11) is -3.70. The number of hydrogen-bond acceptors (Lipinski definition) is 3. The average Bonchev–Trinajstić information content (AvgIpc) is 3.24. The number of likely N-dealkylation sites (tertiary alicyclic amines) is 1. The van der Waals surface area contributed by atoms with Gasteiger partial charge in [0.2, 0.25) is 15.7 Å². The molecule has 35 heavy (non-hydrogen) atoms. The highest BCUT2D eigenvalue weighted by Crippen LogP contribution is 2.31. The molecule has 0 N–H and O–H groups in total. The van der Waals surface area contributed by atoms with E-state index in [2.05, 4.69) is 24.3 Å². The molecule has 5 nitrogen and oxygen atoms in total. The van der Waals surface area contributed by atoms with Gasteiger partial charge < -0.3 is 9.47 Å². The van der Waals surface area contributed by atoms with Gasteiger partial charge in [0.05, 0.1) is 9.79 Å². The number of aromatic nitrogens is 1. The van der Waals surface area contributed by atoms with Crippen molar-refractivity contribution >= 4 is 26.6 Å². The van der Waals surface area contributed by atoms with Gasteiger partial charge in [0.1, 0.15) is 6.54 Å². The molecule has 0 aliphatic carbocycles. The number of carbonyl (C=O) groups excluding carboxylic acids is 1. The van der Waals surface area contributed by atoms with Crippen LogP contribution < -0.4 is 0 Å². The van der Waals surface area contributed by atoms with Crippen LogP contribution in [-0.4, -0.2) is 36.9 Å². The van der Waals surface area contributed by atoms with Crippen molar-refractivity contribution < 1.29 is 13.2 Å². The predicted molar refractivity (Wildman–Crippen MR) is 138 cm³/mol. The molecule has 1 aliphatic rings. The van der Waals surface area contributed by atoms with Crippen LogP contribution in [0.25, 0.3) is 10.9 Å². The molecule has 1 aromatic heterocycles. The van der Waals surface area contributed by atoms with Crippen LogP contribution in [0.3, 0.4) is 0 Å². The smallest absolute Gasteiger partial charge is 0.242 e. The van der Waals surface area contributed by atoms with Crippen molar-refractivity contribution in [2.24, 2.45) is 5.92 Å². The molecular weight excluding hydrogens is 456 g/mol. The van der Waals surface area contributed by atoms with Crippen molar-refractivity contribution in [2.75, 3.05) is 13.1 Å². The quantitative estimate of drug-likeness (QED) is 0.373. The number of piperidine rings is 1. The average molecular weight is 487 g/mol. The Morgan fingerprint density at radius 2 is 1.54 bits per heavy atom. The summed E-state index contributed by atoms with van der Waals surface area (Å²) in [5.74, 6) is 0.614. The predicted octanol–water partition coefficient (Wildman–Crippen LogP) is 5.26. The van der Waals surface area contributed by atoms with Crippen molar-refractivity contribution in [1.29, 1.82) is 0 Å². The van der Waals surface area contributed by atoms with Crippen LogP contribution >= 0.6 is 0 Å². The molecule has 1 fully saturated rings. The van der Waals surface area contributed by atoms with Gasteiger partial charge >= 0.3 is 0 Å². The molecule has 180 valence electrons. The van der Waals surface area contributed by atoms with Gasteiger partial charge in [0.25, 0.3) is 0 Å². The van der Waals surface area contributed by atoms with Crippen molar-refractivity contribution in [2.45, 2.75) is 42.5 Å². The van der Waals surface area contributed by atoms with E-state index in [-0.39, 0.29) is 22.2 Å². The fourth-order valence-corrected chi connectivity index (χ4v) is 6.46. The number of nitrogens with zero attached hydrogens (tertiary/aromatic N) is 2. The Kier molecular flexibility index (Phi) is 6.48. The zero-order valence-corrected chi connectivity index (χ0v) is 20.7. The zero-order chi connectivity index (χ0) is 24.4. The molecule has 1 amide bonds. The summed E-state index contributed by atoms with van der Waals surface area (Å²) in [6, 6.07) is 24.8. The first-order chi connectivity index (χ1) is 16.9. The summed E-state index contributed by atoms with van der Waals surface area (Å²) in [5, 5.41) is 0.641. The molecule has 3 aromatic carbocycles. The number of para-hydroxylation sites is 1. The Morgan fingerprint density at radius 1 is 0.886 bits per heavy atom. The Hall–Kier alpha value is -3.38. The van der Waals surface area contributed by atoms with Crippen LogP contribution in [0, 0.1) is 12.8 Å². The first kappa shape index (κ1) is 23.4. The molecule has 0 spiro atoms. The van der Waals surface area contributed by atoms with Gasteiger partial charge in [-0.05, 0) is 55.9 Å². The lowest BCUT2D eigenvalue weighted by atomic mass is 9.90. The van der Waals surface area contributed by atoms with Crippen molar-refractivity contribution in [3.05, 3.63) is 96.2 Å². The number of benzene rings is 3. The van der Waals surface area contributed by atoms with Crippen LogP contribution in [-0.2, 0) is 27.6 Å². The van der Waals surface area contributed by atoms with Gasteiger partial charge in [-0.3, -0.25) is 4.79 Å². The highest BCUT2D eigenvalue weighted by molar-refractivity contribution is 7.91. The molecule has 6 heteroatoms. The maximum atomic E-state index is 13.4. The van der Waals surface area contributed by atoms with Crippen LogP contribution in [0.4, 0.5) is 0 Å². The SMILES string of the molecule is Cc1ccc(S(=O)(=O)c2cn(CC(=O)N3CCC(Cc4ccccc4)CC3)c3ccccc23)cc1. The minimum atomic E-state index is -3.70. The van der Waals surface area contributed by atoms with E-state index in [0.29, 0.717) is 11.3 Å². The second kappa shape index (κ2) is 9.70. The maximum Gasteiger partial charge on any atom is 0.242 e. The van der Waals surface area contributed by atoms with E-state index in [1.165, 1.54) is 5.56 Å². The van der Waals surface area contributed by atoms with E-state index in [1.807, 2.05) is 42.2 Å². The first-order valence-corrected chi connectivity index (χ1v) is 13.6. The second-order valence-corrected chi connectivity index (χ2v) is 11.4. The number of carbonyl (C=O) groups is 1. The molecule has 0 radical (unpaired) electrons. The Labute approximate surface area is 206 Å². The zero-order valence-electron chi connectivity index (χ0n) is 19.9. The van der Waals surface area contributed by atoms with Crippen LogP contribution in [0.5, 0.6) is 0 Å². The third-order valence-corrected chi connectivity index (χ3v) is 8.81. The summed E-state index contributed by atoms with van der Waals surface area (Å²) in [6.45, 7) is 3.54. The molecule has 2 heterocycles. The van der Waals surface area contributed by atoms with E-state index < -0.39 is 9.84 Å². The molecule has 0 bridgehead atoms. The fourth-order valence-electron chi connectivity index (χ4n) is 4.98. The third-order valence-electron chi connectivity index (χ3n) is 7.01. The monoisotopic (exact) mass is 486 g/mol. The van der Waals surface area contributed by atoms with E-state index in [0.717, 1.165) is 43.4 Å². The first-order valence-electron chi connectivity index (χ1n) is 12.1. The summed E-state index contributed by atoms with van der Waals surface area (Å²) < 4.78 is 28.7. The Bertz CT molecular complexity index is 1430. The van der Waals surface area contributed by atoms with Gasteiger partial charge in [-0.15, -0.1) is 0 Å². The molecule has 5 rings (SSSR count). The van der Waals surface area contributed by atoms with Gasteiger partial charge in [-0.25, -0.2) is 8.42 Å². The molecule has 4 aromatic rings. The van der Waals surface area contributed by atoms with Crippen LogP contribution in [0.1, 0.15) is 24.0 Å². The highest BCUT2D eigenvalue weighted by Gasteiger charge is 2.26. The molecule has 1 aliphatic heterocycles. The summed E-state index contributed by atoms with van der Waals surface area (Å²) >= 11 is 0. The lowest BCUT2D eigenvalue weighted by Crippen LogP contribution is -2.40. The number of fused-ring (bicyclic) bond motifs is 1. The number of sulfone groups is 1. The Morgan fingerprint density at radius 3 is 2.26 bits per heavy atom. The topological polar surface area (TPSA) is 59.4 Å². The van der Waals surface area contributed by atoms with E-state index in [9.17, 15) is 13.2 Å². The van der Waals surface area contributed by atoms with Crippen molar-refractivity contribution in [3.63, 3.8) is 0 Å². The lowest BCUT2D eigenvalue weighted by molar-refractivity contribution is -0.133. The minimum Gasteiger partial charge on any atom is -0.341 e. The Balaban J connectivity index is 1.33. The summed E-state index contributed by atoms with van der Waals surface area (Å²) in [4.78, 5) is 15.6. The largest absolute Gasteiger partial charge is 0.341 e. The van der Waals surface area contributed by atoms with Crippen LogP contribution in [0.15, 0.2) is 94.9 Å². The minimum absolute atomic E-state index is 0.0307. The van der Waals surface area contributed by atoms with E-state index >= 15 is 0 Å². The van der Waals surface area contributed by atoms with Gasteiger partial charge in [0, 0.05) is 30.2 Å². The summed E-state index contributed by atoms with van der Waals surface area (Å²) in [6.07, 6.45) is 4.64. The van der Waals surface area contributed by atoms with Gasteiger partial charge in [-0.1, -0.05) is 66.2 Å². The standard InChI is InChI=1S/C29H30N2O3S/c1-22-11-13-25(14-12-22)35(33,34)28-20-31(27-10-6-5-9-26(27)28)21-29(32)30-17-15-24(16-18-30)19-23-7-3-2-4-8-23/h2-14,20,24H,15-19,21H2,1H3. The molecule has 1 saturated heterocycles. The molecule has 0 atom stereocenters. The number of aryl methyl sites for hydroxylation is 1. The number of hydrogen-bond donors (Lipinski definition) is 0. The lowest BCUT2D eigenvalue weighted by Gasteiger charge is -2.32. The summed E-state index contributed by atoms with van der Waals surface area (Å²) in [5.41, 5.74) is 3.11. The van der Waals surface area contributed by atoms with Crippen LogP contribution in [0.2, 0.25) is 0 Å². The second-order valence-electron chi connectivity index (χ2n) is 9.47. The van der Waals surface area contributed by atoms with E-state index in [1.54, 1.807) is 35.0 Å². The third kappa shape index (κ3) is 4.89. The number of amides is 1. The highest BCUT2D eigenvalue weighted by atomic mass is 32.2. The maximum absolute atomic E-state index is 13.4. The number of rotatable bonds is 6. The van der Waals surface area contributed by atoms with Gasteiger partial charge in [-0.2, -0.15) is 0 Å². The molecule has 0 saturated carbocycles.